The number of rotatable bonds is 10. The van der Waals surface area contributed by atoms with Gasteiger partial charge in [-0.15, -0.1) is 0 Å². The van der Waals surface area contributed by atoms with Crippen LogP contribution in [0.1, 0.15) is 51.2 Å². The van der Waals surface area contributed by atoms with Crippen LogP contribution < -0.4 is 5.32 Å². The van der Waals surface area contributed by atoms with Crippen molar-refractivity contribution in [2.45, 2.75) is 65.1 Å². The quantitative estimate of drug-likeness (QED) is 0.334. The van der Waals surface area contributed by atoms with E-state index in [-0.39, 0.29) is 24.4 Å². The molecule has 0 aromatic heterocycles. The minimum Gasteiger partial charge on any atom is -0.352 e. The summed E-state index contributed by atoms with van der Waals surface area (Å²) in [5.74, 6) is -0.194. The molecule has 0 heterocycles. The van der Waals surface area contributed by atoms with Crippen molar-refractivity contribution < 1.29 is 9.59 Å². The molecule has 0 aliphatic carbocycles. The predicted octanol–water partition coefficient (Wildman–Crippen LogP) is 6.80. The van der Waals surface area contributed by atoms with Crippen molar-refractivity contribution >= 4 is 45.8 Å². The lowest BCUT2D eigenvalue weighted by Crippen LogP contribution is -2.50. The Labute approximate surface area is 212 Å². The molecule has 0 saturated carbocycles. The topological polar surface area (TPSA) is 49.4 Å². The fraction of sp³-hybridized carbons (Fsp3) is 0.357. The van der Waals surface area contributed by atoms with Gasteiger partial charge in [-0.05, 0) is 60.2 Å². The number of carbonyl (C=O) groups is 2. The van der Waals surface area contributed by atoms with Gasteiger partial charge in [0, 0.05) is 19.0 Å². The molecule has 3 aromatic rings. The largest absolute Gasteiger partial charge is 0.352 e. The maximum Gasteiger partial charge on any atom is 0.243 e. The van der Waals surface area contributed by atoms with Gasteiger partial charge in [0.2, 0.25) is 11.8 Å². The zero-order chi connectivity index (χ0) is 24.7. The highest BCUT2D eigenvalue weighted by molar-refractivity contribution is 6.42. The molecule has 6 heteroatoms. The Morgan fingerprint density at radius 3 is 2.38 bits per heavy atom. The number of benzene rings is 3. The van der Waals surface area contributed by atoms with Crippen LogP contribution in [0.15, 0.2) is 60.7 Å². The average molecular weight is 499 g/mol. The smallest absolute Gasteiger partial charge is 0.243 e. The molecule has 0 spiro atoms. The van der Waals surface area contributed by atoms with Gasteiger partial charge in [-0.1, -0.05) is 85.6 Å². The number of nitrogens with zero attached hydrogens (tertiary/aromatic N) is 1. The number of aryl methyl sites for hydroxylation is 1. The molecule has 0 aliphatic heterocycles. The normalized spacial score (nSPS) is 12.9. The highest BCUT2D eigenvalue weighted by Crippen LogP contribution is 2.25. The third kappa shape index (κ3) is 6.52. The molecule has 0 radical (unpaired) electrons. The molecule has 2 atom stereocenters. The number of fused-ring (bicyclic) bond motifs is 1. The summed E-state index contributed by atoms with van der Waals surface area (Å²) >= 11 is 12.3. The van der Waals surface area contributed by atoms with Crippen molar-refractivity contribution in [3.05, 3.63) is 81.8 Å². The van der Waals surface area contributed by atoms with Gasteiger partial charge in [0.05, 0.1) is 10.0 Å². The molecule has 0 bridgehead atoms. The Morgan fingerprint density at radius 1 is 0.941 bits per heavy atom. The fourth-order valence-electron chi connectivity index (χ4n) is 4.09. The summed E-state index contributed by atoms with van der Waals surface area (Å²) < 4.78 is 0. The van der Waals surface area contributed by atoms with Gasteiger partial charge in [-0.25, -0.2) is 0 Å². The van der Waals surface area contributed by atoms with Crippen molar-refractivity contribution in [3.63, 3.8) is 0 Å². The first-order chi connectivity index (χ1) is 16.3. The molecule has 0 aliphatic rings. The van der Waals surface area contributed by atoms with Crippen LogP contribution >= 0.6 is 23.2 Å². The second kappa shape index (κ2) is 12.2. The molecule has 3 rings (SSSR count). The van der Waals surface area contributed by atoms with E-state index in [0.29, 0.717) is 29.3 Å². The van der Waals surface area contributed by atoms with Crippen LogP contribution in [0.2, 0.25) is 10.0 Å². The van der Waals surface area contributed by atoms with Crippen molar-refractivity contribution in [2.24, 2.45) is 0 Å². The highest BCUT2D eigenvalue weighted by atomic mass is 35.5. The second-order valence-corrected chi connectivity index (χ2v) is 9.46. The minimum absolute atomic E-state index is 0.0409. The van der Waals surface area contributed by atoms with Crippen molar-refractivity contribution in [1.29, 1.82) is 0 Å². The molecule has 3 aromatic carbocycles. The van der Waals surface area contributed by atoms with Crippen molar-refractivity contribution in [1.82, 2.24) is 10.2 Å². The van der Waals surface area contributed by atoms with Gasteiger partial charge >= 0.3 is 0 Å². The molecule has 0 unspecified atom stereocenters. The lowest BCUT2D eigenvalue weighted by molar-refractivity contribution is -0.141. The number of halogens is 2. The third-order valence-electron chi connectivity index (χ3n) is 6.21. The van der Waals surface area contributed by atoms with E-state index in [2.05, 4.69) is 29.6 Å². The SMILES string of the molecule is CC[C@@H](C)NC(=O)[C@@H](CC)N(Cc1ccc(Cl)c(Cl)c1)C(=O)CCc1cccc2ccccc12. The zero-order valence-electron chi connectivity index (χ0n) is 20.0. The minimum atomic E-state index is -0.566. The Balaban J connectivity index is 1.85. The van der Waals surface area contributed by atoms with Gasteiger partial charge < -0.3 is 10.2 Å². The summed E-state index contributed by atoms with van der Waals surface area (Å²) in [7, 11) is 0. The molecule has 34 heavy (non-hydrogen) atoms. The second-order valence-electron chi connectivity index (χ2n) is 8.65. The lowest BCUT2D eigenvalue weighted by atomic mass is 10.00. The molecule has 4 nitrogen and oxygen atoms in total. The van der Waals surface area contributed by atoms with Gasteiger partial charge in [-0.2, -0.15) is 0 Å². The van der Waals surface area contributed by atoms with Gasteiger partial charge in [0.1, 0.15) is 6.04 Å². The molecule has 0 fully saturated rings. The third-order valence-corrected chi connectivity index (χ3v) is 6.95. The maximum atomic E-state index is 13.6. The first-order valence-corrected chi connectivity index (χ1v) is 12.6. The fourth-order valence-corrected chi connectivity index (χ4v) is 4.41. The summed E-state index contributed by atoms with van der Waals surface area (Å²) in [6.07, 6.45) is 2.25. The summed E-state index contributed by atoms with van der Waals surface area (Å²) in [5, 5.41) is 6.23. The molecule has 1 N–H and O–H groups in total. The summed E-state index contributed by atoms with van der Waals surface area (Å²) in [6, 6.07) is 19.1. The number of hydrogen-bond acceptors (Lipinski definition) is 2. The van der Waals surface area contributed by atoms with Gasteiger partial charge in [-0.3, -0.25) is 9.59 Å². The Kier molecular flexibility index (Phi) is 9.37. The molecular weight excluding hydrogens is 467 g/mol. The van der Waals surface area contributed by atoms with Crippen LogP contribution in [0.5, 0.6) is 0 Å². The van der Waals surface area contributed by atoms with E-state index in [1.807, 2.05) is 45.0 Å². The first-order valence-electron chi connectivity index (χ1n) is 11.8. The molecular formula is C28H32Cl2N2O2. The monoisotopic (exact) mass is 498 g/mol. The van der Waals surface area contributed by atoms with E-state index in [1.54, 1.807) is 17.0 Å². The average Bonchev–Trinajstić information content (AvgIpc) is 2.84. The number of nitrogens with one attached hydrogen (secondary N) is 1. The molecule has 2 amide bonds. The van der Waals surface area contributed by atoms with Crippen LogP contribution in [0.25, 0.3) is 10.8 Å². The van der Waals surface area contributed by atoms with Crippen LogP contribution in [-0.4, -0.2) is 28.8 Å². The van der Waals surface area contributed by atoms with E-state index in [9.17, 15) is 9.59 Å². The zero-order valence-corrected chi connectivity index (χ0v) is 21.5. The van der Waals surface area contributed by atoms with Gasteiger partial charge in [0.15, 0.2) is 0 Å². The van der Waals surface area contributed by atoms with E-state index in [0.717, 1.165) is 28.3 Å². The Bertz CT molecular complexity index is 1140. The lowest BCUT2D eigenvalue weighted by Gasteiger charge is -2.31. The molecule has 0 saturated heterocycles. The van der Waals surface area contributed by atoms with Crippen LogP contribution in [0.3, 0.4) is 0 Å². The van der Waals surface area contributed by atoms with E-state index >= 15 is 0 Å². The first kappa shape index (κ1) is 26.1. The summed E-state index contributed by atoms with van der Waals surface area (Å²) in [4.78, 5) is 28.3. The standard InChI is InChI=1S/C28H32Cl2N2O2/c1-4-19(3)31-28(34)26(5-2)32(18-20-13-15-24(29)25(30)17-20)27(33)16-14-22-11-8-10-21-9-6-7-12-23(21)22/h6-13,15,17,19,26H,4-5,14,16,18H2,1-3H3,(H,31,34)/t19-,26-/m1/s1. The van der Waals surface area contributed by atoms with E-state index in [4.69, 9.17) is 23.2 Å². The van der Waals surface area contributed by atoms with E-state index < -0.39 is 6.04 Å². The maximum absolute atomic E-state index is 13.6. The van der Waals surface area contributed by atoms with Crippen LogP contribution in [0, 0.1) is 0 Å². The number of hydrogen-bond donors (Lipinski definition) is 1. The van der Waals surface area contributed by atoms with Crippen molar-refractivity contribution in [2.75, 3.05) is 0 Å². The Hall–Kier alpha value is -2.56. The molecule has 180 valence electrons. The number of carbonyl (C=O) groups excluding carboxylic acids is 2. The number of amides is 2. The highest BCUT2D eigenvalue weighted by Gasteiger charge is 2.29. The predicted molar refractivity (Wildman–Crippen MR) is 141 cm³/mol. The summed E-state index contributed by atoms with van der Waals surface area (Å²) in [5.41, 5.74) is 1.96. The van der Waals surface area contributed by atoms with Crippen LogP contribution in [0.4, 0.5) is 0 Å². The Morgan fingerprint density at radius 2 is 1.68 bits per heavy atom. The van der Waals surface area contributed by atoms with E-state index in [1.165, 1.54) is 0 Å². The van der Waals surface area contributed by atoms with Gasteiger partial charge in [0.25, 0.3) is 0 Å². The summed E-state index contributed by atoms with van der Waals surface area (Å²) in [6.45, 7) is 6.21. The van der Waals surface area contributed by atoms with Crippen LogP contribution in [-0.2, 0) is 22.6 Å². The van der Waals surface area contributed by atoms with Crippen molar-refractivity contribution in [3.8, 4) is 0 Å².